The number of carbonyl (C=O) groups is 1. The maximum atomic E-state index is 13.0. The molecule has 2 aliphatic rings. The van der Waals surface area contributed by atoms with Gasteiger partial charge in [0.15, 0.2) is 0 Å². The predicted molar refractivity (Wildman–Crippen MR) is 90.8 cm³/mol. The summed E-state index contributed by atoms with van der Waals surface area (Å²) in [5.74, 6) is 0.851. The summed E-state index contributed by atoms with van der Waals surface area (Å²) in [6.07, 6.45) is 5.73. The van der Waals surface area contributed by atoms with Gasteiger partial charge in [0, 0.05) is 25.5 Å². The van der Waals surface area contributed by atoms with E-state index in [9.17, 15) is 4.79 Å². The zero-order chi connectivity index (χ0) is 16.4. The second kappa shape index (κ2) is 6.69. The Hall–Kier alpha value is -2.27. The maximum Gasteiger partial charge on any atom is 0.240 e. The van der Waals surface area contributed by atoms with E-state index in [2.05, 4.69) is 14.9 Å². The molecule has 5 nitrogen and oxygen atoms in total. The van der Waals surface area contributed by atoms with Crippen molar-refractivity contribution in [1.29, 1.82) is 0 Å². The molecule has 0 aromatic carbocycles. The predicted octanol–water partition coefficient (Wildman–Crippen LogP) is 2.10. The highest BCUT2D eigenvalue weighted by molar-refractivity contribution is 5.83. The highest BCUT2D eigenvalue weighted by Gasteiger charge is 2.41. The SMILES string of the molecule is O=C1[C@H]2C[C@H](CCN2Cc2ccccn2)CN1Cc1ccccn1. The van der Waals surface area contributed by atoms with Crippen molar-refractivity contribution < 1.29 is 4.79 Å². The van der Waals surface area contributed by atoms with E-state index in [0.29, 0.717) is 12.5 Å². The second-order valence-electron chi connectivity index (χ2n) is 6.74. The Labute approximate surface area is 142 Å². The number of aromatic nitrogens is 2. The largest absolute Gasteiger partial charge is 0.335 e. The van der Waals surface area contributed by atoms with Gasteiger partial charge in [0.1, 0.15) is 0 Å². The number of likely N-dealkylation sites (tertiary alicyclic amines) is 2. The molecular formula is C19H22N4O. The highest BCUT2D eigenvalue weighted by Crippen LogP contribution is 2.31. The van der Waals surface area contributed by atoms with Gasteiger partial charge in [-0.2, -0.15) is 0 Å². The average Bonchev–Trinajstić information content (AvgIpc) is 2.63. The Bertz CT molecular complexity index is 691. The van der Waals surface area contributed by atoms with Crippen molar-refractivity contribution in [3.8, 4) is 0 Å². The number of nitrogens with zero attached hydrogens (tertiary/aromatic N) is 4. The van der Waals surface area contributed by atoms with E-state index in [1.165, 1.54) is 0 Å². The summed E-state index contributed by atoms with van der Waals surface area (Å²) in [5, 5.41) is 0. The van der Waals surface area contributed by atoms with E-state index >= 15 is 0 Å². The van der Waals surface area contributed by atoms with Gasteiger partial charge < -0.3 is 4.90 Å². The minimum atomic E-state index is -0.0109. The topological polar surface area (TPSA) is 49.3 Å². The van der Waals surface area contributed by atoms with Crippen molar-refractivity contribution in [2.75, 3.05) is 13.1 Å². The van der Waals surface area contributed by atoms with Crippen LogP contribution >= 0.6 is 0 Å². The van der Waals surface area contributed by atoms with E-state index in [0.717, 1.165) is 43.9 Å². The lowest BCUT2D eigenvalue weighted by atomic mass is 9.85. The van der Waals surface area contributed by atoms with Gasteiger partial charge in [-0.1, -0.05) is 12.1 Å². The normalized spacial score (nSPS) is 24.2. The zero-order valence-electron chi connectivity index (χ0n) is 13.7. The first kappa shape index (κ1) is 15.3. The standard InChI is InChI=1S/C19H22N4O/c24-19-18-11-15(12-23(19)14-17-6-2-4-9-21-17)7-10-22(18)13-16-5-1-3-8-20-16/h1-6,8-9,15,18H,7,10-14H2/t15-,18+/m0/s1. The number of piperidine rings is 2. The Morgan fingerprint density at radius 3 is 2.38 bits per heavy atom. The molecule has 5 heteroatoms. The van der Waals surface area contributed by atoms with Gasteiger partial charge in [0.2, 0.25) is 5.91 Å². The molecule has 2 saturated heterocycles. The third kappa shape index (κ3) is 3.17. The summed E-state index contributed by atoms with van der Waals surface area (Å²) in [6, 6.07) is 11.8. The monoisotopic (exact) mass is 322 g/mol. The van der Waals surface area contributed by atoms with Crippen LogP contribution < -0.4 is 0 Å². The minimum absolute atomic E-state index is 0.0109. The summed E-state index contributed by atoms with van der Waals surface area (Å²) in [7, 11) is 0. The molecule has 0 radical (unpaired) electrons. The highest BCUT2D eigenvalue weighted by atomic mass is 16.2. The lowest BCUT2D eigenvalue weighted by molar-refractivity contribution is -0.146. The van der Waals surface area contributed by atoms with Gasteiger partial charge in [-0.25, -0.2) is 0 Å². The number of amides is 1. The van der Waals surface area contributed by atoms with Crippen molar-refractivity contribution in [2.24, 2.45) is 5.92 Å². The van der Waals surface area contributed by atoms with Gasteiger partial charge in [-0.15, -0.1) is 0 Å². The van der Waals surface area contributed by atoms with E-state index in [4.69, 9.17) is 0 Å². The van der Waals surface area contributed by atoms with Gasteiger partial charge in [0.25, 0.3) is 0 Å². The van der Waals surface area contributed by atoms with Gasteiger partial charge >= 0.3 is 0 Å². The van der Waals surface area contributed by atoms with Crippen molar-refractivity contribution in [2.45, 2.75) is 32.0 Å². The lowest BCUT2D eigenvalue weighted by Crippen LogP contribution is -2.58. The third-order valence-corrected chi connectivity index (χ3v) is 5.07. The molecular weight excluding hydrogens is 300 g/mol. The number of pyridine rings is 2. The number of hydrogen-bond acceptors (Lipinski definition) is 4. The molecule has 2 atom stereocenters. The van der Waals surface area contributed by atoms with Crippen LogP contribution in [0.4, 0.5) is 0 Å². The molecule has 4 rings (SSSR count). The average molecular weight is 322 g/mol. The molecule has 124 valence electrons. The smallest absolute Gasteiger partial charge is 0.240 e. The quantitative estimate of drug-likeness (QED) is 0.865. The second-order valence-corrected chi connectivity index (χ2v) is 6.74. The van der Waals surface area contributed by atoms with Crippen LogP contribution in [0.15, 0.2) is 48.8 Å². The number of hydrogen-bond donors (Lipinski definition) is 0. The van der Waals surface area contributed by atoms with Gasteiger partial charge in [0.05, 0.1) is 24.0 Å². The molecule has 0 saturated carbocycles. The Morgan fingerprint density at radius 2 is 1.71 bits per heavy atom. The summed E-state index contributed by atoms with van der Waals surface area (Å²) < 4.78 is 0. The van der Waals surface area contributed by atoms with Crippen molar-refractivity contribution in [1.82, 2.24) is 19.8 Å². The minimum Gasteiger partial charge on any atom is -0.335 e. The van der Waals surface area contributed by atoms with Crippen LogP contribution in [0.3, 0.4) is 0 Å². The van der Waals surface area contributed by atoms with E-state index < -0.39 is 0 Å². The Balaban J connectivity index is 1.48. The maximum absolute atomic E-state index is 13.0. The summed E-state index contributed by atoms with van der Waals surface area (Å²) >= 11 is 0. The number of rotatable bonds is 4. The van der Waals surface area contributed by atoms with Crippen LogP contribution in [0.1, 0.15) is 24.2 Å². The number of carbonyl (C=O) groups excluding carboxylic acids is 1. The van der Waals surface area contributed by atoms with Crippen LogP contribution in [0.2, 0.25) is 0 Å². The lowest BCUT2D eigenvalue weighted by Gasteiger charge is -2.46. The molecule has 0 aliphatic carbocycles. The summed E-state index contributed by atoms with van der Waals surface area (Å²) in [6.45, 7) is 3.21. The number of fused-ring (bicyclic) bond motifs is 2. The molecule has 4 heterocycles. The molecule has 24 heavy (non-hydrogen) atoms. The molecule has 0 spiro atoms. The first-order valence-corrected chi connectivity index (χ1v) is 8.62. The Kier molecular flexibility index (Phi) is 4.26. The zero-order valence-corrected chi connectivity index (χ0v) is 13.7. The van der Waals surface area contributed by atoms with E-state index in [-0.39, 0.29) is 11.9 Å². The van der Waals surface area contributed by atoms with E-state index in [1.54, 1.807) is 6.20 Å². The van der Waals surface area contributed by atoms with Crippen molar-refractivity contribution in [3.63, 3.8) is 0 Å². The fraction of sp³-hybridized carbons (Fsp3) is 0.421. The first-order valence-electron chi connectivity index (χ1n) is 8.62. The van der Waals surface area contributed by atoms with E-state index in [1.807, 2.05) is 47.5 Å². The van der Waals surface area contributed by atoms with Crippen molar-refractivity contribution in [3.05, 3.63) is 60.2 Å². The molecule has 2 aliphatic heterocycles. The molecule has 2 fully saturated rings. The molecule has 0 N–H and O–H groups in total. The van der Waals surface area contributed by atoms with Crippen LogP contribution in [0.5, 0.6) is 0 Å². The van der Waals surface area contributed by atoms with Crippen LogP contribution in [-0.4, -0.2) is 44.8 Å². The van der Waals surface area contributed by atoms with Gasteiger partial charge in [-0.3, -0.25) is 19.7 Å². The summed E-state index contributed by atoms with van der Waals surface area (Å²) in [4.78, 5) is 26.1. The van der Waals surface area contributed by atoms with Crippen molar-refractivity contribution >= 4 is 5.91 Å². The van der Waals surface area contributed by atoms with Crippen LogP contribution in [-0.2, 0) is 17.9 Å². The Morgan fingerprint density at radius 1 is 1.00 bits per heavy atom. The van der Waals surface area contributed by atoms with Crippen LogP contribution in [0, 0.1) is 5.92 Å². The molecule has 2 bridgehead atoms. The third-order valence-electron chi connectivity index (χ3n) is 5.07. The van der Waals surface area contributed by atoms with Gasteiger partial charge in [-0.05, 0) is 49.6 Å². The fourth-order valence-electron chi connectivity index (χ4n) is 3.84. The fourth-order valence-corrected chi connectivity index (χ4v) is 3.84. The molecule has 2 aromatic heterocycles. The molecule has 2 aromatic rings. The summed E-state index contributed by atoms with van der Waals surface area (Å²) in [5.41, 5.74) is 1.99. The molecule has 1 amide bonds. The molecule has 0 unspecified atom stereocenters. The first-order chi connectivity index (χ1) is 11.8. The van der Waals surface area contributed by atoms with Crippen LogP contribution in [0.25, 0.3) is 0 Å².